The first-order valence-corrected chi connectivity index (χ1v) is 4.66. The molecule has 0 heterocycles. The van der Waals surface area contributed by atoms with Crippen molar-refractivity contribution >= 4 is 11.8 Å². The summed E-state index contributed by atoms with van der Waals surface area (Å²) in [5, 5.41) is 8.44. The number of carboxylic acid groups (broad SMARTS) is 1. The number of rotatable bonds is 2. The molecule has 1 aromatic carbocycles. The molecule has 0 aliphatic heterocycles. The van der Waals surface area contributed by atoms with Crippen molar-refractivity contribution in [3.63, 3.8) is 0 Å². The van der Waals surface area contributed by atoms with Crippen LogP contribution >= 0.6 is 0 Å². The minimum atomic E-state index is -0.783. The predicted molar refractivity (Wildman–Crippen MR) is 58.9 cm³/mol. The number of carboxylic acids is 1. The van der Waals surface area contributed by atoms with Crippen LogP contribution in [0, 0.1) is 6.92 Å². The summed E-state index contributed by atoms with van der Waals surface area (Å²) in [5.41, 5.74) is 2.00. The van der Waals surface area contributed by atoms with Gasteiger partial charge in [0.25, 0.3) is 0 Å². The van der Waals surface area contributed by atoms with Gasteiger partial charge in [-0.25, -0.2) is 0 Å². The van der Waals surface area contributed by atoms with E-state index in [9.17, 15) is 9.59 Å². The van der Waals surface area contributed by atoms with Crippen LogP contribution in [-0.2, 0) is 16.0 Å². The number of carbonyl (C=O) groups excluding carboxylic acids is 1. The summed E-state index contributed by atoms with van der Waals surface area (Å²) < 4.78 is 0. The number of aryl methyl sites for hydroxylation is 1. The molecule has 0 spiro atoms. The van der Waals surface area contributed by atoms with Crippen molar-refractivity contribution in [1.82, 2.24) is 0 Å². The molecule has 0 amide bonds. The number of ketones is 1. The lowest BCUT2D eigenvalue weighted by molar-refractivity contribution is -0.136. The lowest BCUT2D eigenvalue weighted by Gasteiger charge is -1.96. The van der Waals surface area contributed by atoms with Gasteiger partial charge in [-0.3, -0.25) is 4.79 Å². The molecular formula is C12H16O3. The van der Waals surface area contributed by atoms with Crippen molar-refractivity contribution in [2.24, 2.45) is 0 Å². The fourth-order valence-electron chi connectivity index (χ4n) is 0.881. The Bertz CT molecular complexity index is 321. The van der Waals surface area contributed by atoms with Gasteiger partial charge in [0, 0.05) is 0 Å². The Balaban J connectivity index is 0.000000423. The maximum absolute atomic E-state index is 10.3. The van der Waals surface area contributed by atoms with Crippen LogP contribution in [0.15, 0.2) is 24.3 Å². The van der Waals surface area contributed by atoms with Crippen LogP contribution in [0.1, 0.15) is 25.0 Å². The molecule has 0 unspecified atom stereocenters. The Morgan fingerprint density at radius 2 is 1.53 bits per heavy atom. The molecule has 0 bridgehead atoms. The van der Waals surface area contributed by atoms with E-state index in [1.165, 1.54) is 13.8 Å². The van der Waals surface area contributed by atoms with Gasteiger partial charge in [0.05, 0.1) is 6.42 Å². The lowest BCUT2D eigenvalue weighted by atomic mass is 10.1. The van der Waals surface area contributed by atoms with Crippen LogP contribution in [0.25, 0.3) is 0 Å². The number of hydrogen-bond donors (Lipinski definition) is 1. The molecule has 0 fully saturated rings. The second-order valence-electron chi connectivity index (χ2n) is 3.46. The number of hydrogen-bond acceptors (Lipinski definition) is 2. The lowest BCUT2D eigenvalue weighted by Crippen LogP contribution is -1.99. The Kier molecular flexibility index (Phi) is 6.02. The van der Waals surface area contributed by atoms with E-state index in [1.54, 1.807) is 0 Å². The van der Waals surface area contributed by atoms with Gasteiger partial charge >= 0.3 is 5.97 Å². The zero-order valence-electron chi connectivity index (χ0n) is 9.28. The first-order valence-electron chi connectivity index (χ1n) is 4.66. The smallest absolute Gasteiger partial charge is 0.307 e. The summed E-state index contributed by atoms with van der Waals surface area (Å²) >= 11 is 0. The van der Waals surface area contributed by atoms with Crippen LogP contribution in [0.3, 0.4) is 0 Å². The van der Waals surface area contributed by atoms with Crippen LogP contribution < -0.4 is 0 Å². The molecule has 1 N–H and O–H groups in total. The Hall–Kier alpha value is -1.64. The third-order valence-electron chi connectivity index (χ3n) is 1.48. The number of aliphatic carboxylic acids is 1. The Morgan fingerprint density at radius 1 is 1.13 bits per heavy atom. The van der Waals surface area contributed by atoms with Crippen molar-refractivity contribution in [2.45, 2.75) is 27.2 Å². The zero-order valence-corrected chi connectivity index (χ0v) is 9.28. The first-order chi connectivity index (χ1) is 6.91. The summed E-state index contributed by atoms with van der Waals surface area (Å²) in [5.74, 6) is -0.617. The largest absolute Gasteiger partial charge is 0.481 e. The fourth-order valence-corrected chi connectivity index (χ4v) is 0.881. The highest BCUT2D eigenvalue weighted by Gasteiger charge is 1.97. The van der Waals surface area contributed by atoms with Gasteiger partial charge in [-0.15, -0.1) is 0 Å². The standard InChI is InChI=1S/C9H10O2.C3H6O/c1-7-2-4-8(5-3-7)6-9(10)11;1-3(2)4/h2-5H,6H2,1H3,(H,10,11);1-2H3. The summed E-state index contributed by atoms with van der Waals surface area (Å²) in [4.78, 5) is 19.7. The normalized spacial score (nSPS) is 8.73. The molecule has 0 saturated heterocycles. The molecule has 0 aliphatic rings. The SMILES string of the molecule is CC(C)=O.Cc1ccc(CC(=O)O)cc1. The highest BCUT2D eigenvalue weighted by Crippen LogP contribution is 2.03. The number of Topliss-reactive ketones (excluding diaryl/α,β-unsaturated/α-hetero) is 1. The van der Waals surface area contributed by atoms with Gasteiger partial charge < -0.3 is 9.90 Å². The van der Waals surface area contributed by atoms with E-state index < -0.39 is 5.97 Å². The second-order valence-corrected chi connectivity index (χ2v) is 3.46. The molecule has 1 rings (SSSR count). The average molecular weight is 208 g/mol. The minimum absolute atomic E-state index is 0.111. The van der Waals surface area contributed by atoms with E-state index >= 15 is 0 Å². The van der Waals surface area contributed by atoms with Gasteiger partial charge in [-0.05, 0) is 26.3 Å². The van der Waals surface area contributed by atoms with Crippen molar-refractivity contribution in [3.8, 4) is 0 Å². The minimum Gasteiger partial charge on any atom is -0.481 e. The molecule has 82 valence electrons. The third kappa shape index (κ3) is 8.68. The van der Waals surface area contributed by atoms with Crippen molar-refractivity contribution in [3.05, 3.63) is 35.4 Å². The van der Waals surface area contributed by atoms with Gasteiger partial charge in [0.15, 0.2) is 0 Å². The van der Waals surface area contributed by atoms with E-state index in [4.69, 9.17) is 5.11 Å². The summed E-state index contributed by atoms with van der Waals surface area (Å²) in [6.45, 7) is 5.03. The van der Waals surface area contributed by atoms with Crippen LogP contribution in [0.5, 0.6) is 0 Å². The highest BCUT2D eigenvalue weighted by atomic mass is 16.4. The number of benzene rings is 1. The zero-order chi connectivity index (χ0) is 11.8. The fraction of sp³-hybridized carbons (Fsp3) is 0.333. The monoisotopic (exact) mass is 208 g/mol. The maximum atomic E-state index is 10.3. The van der Waals surface area contributed by atoms with Crippen molar-refractivity contribution in [2.75, 3.05) is 0 Å². The number of carbonyl (C=O) groups is 2. The van der Waals surface area contributed by atoms with Gasteiger partial charge in [-0.2, -0.15) is 0 Å². The Morgan fingerprint density at radius 3 is 1.87 bits per heavy atom. The van der Waals surface area contributed by atoms with E-state index in [1.807, 2.05) is 31.2 Å². The predicted octanol–water partition coefficient (Wildman–Crippen LogP) is 2.22. The molecule has 0 aromatic heterocycles. The van der Waals surface area contributed by atoms with Crippen LogP contribution in [-0.4, -0.2) is 16.9 Å². The topological polar surface area (TPSA) is 54.4 Å². The van der Waals surface area contributed by atoms with Gasteiger partial charge in [0.2, 0.25) is 0 Å². The Labute approximate surface area is 89.7 Å². The molecular weight excluding hydrogens is 192 g/mol. The maximum Gasteiger partial charge on any atom is 0.307 e. The molecule has 1 aromatic rings. The average Bonchev–Trinajstić information content (AvgIpc) is 2.07. The molecule has 0 saturated carbocycles. The van der Waals surface area contributed by atoms with Gasteiger partial charge in [-0.1, -0.05) is 29.8 Å². The second kappa shape index (κ2) is 6.76. The third-order valence-corrected chi connectivity index (χ3v) is 1.48. The summed E-state index contributed by atoms with van der Waals surface area (Å²) in [6, 6.07) is 7.50. The quantitative estimate of drug-likeness (QED) is 0.810. The first kappa shape index (κ1) is 13.4. The van der Waals surface area contributed by atoms with Crippen molar-refractivity contribution in [1.29, 1.82) is 0 Å². The molecule has 3 nitrogen and oxygen atoms in total. The molecule has 0 radical (unpaired) electrons. The van der Waals surface area contributed by atoms with E-state index in [-0.39, 0.29) is 12.2 Å². The highest BCUT2D eigenvalue weighted by molar-refractivity contribution is 5.72. The summed E-state index contributed by atoms with van der Waals surface area (Å²) in [6.07, 6.45) is 0.111. The van der Waals surface area contributed by atoms with Gasteiger partial charge in [0.1, 0.15) is 5.78 Å². The van der Waals surface area contributed by atoms with E-state index in [2.05, 4.69) is 0 Å². The van der Waals surface area contributed by atoms with Crippen LogP contribution in [0.2, 0.25) is 0 Å². The molecule has 0 atom stereocenters. The van der Waals surface area contributed by atoms with Crippen molar-refractivity contribution < 1.29 is 14.7 Å². The van der Waals surface area contributed by atoms with Crippen LogP contribution in [0.4, 0.5) is 0 Å². The summed E-state index contributed by atoms with van der Waals surface area (Å²) in [7, 11) is 0. The molecule has 15 heavy (non-hydrogen) atoms. The molecule has 0 aliphatic carbocycles. The van der Waals surface area contributed by atoms with E-state index in [0.29, 0.717) is 0 Å². The molecule has 3 heteroatoms. The van der Waals surface area contributed by atoms with E-state index in [0.717, 1.165) is 11.1 Å².